The van der Waals surface area contributed by atoms with Crippen LogP contribution in [0.2, 0.25) is 0 Å². The number of benzene rings is 1. The van der Waals surface area contributed by atoms with Gasteiger partial charge in [-0.1, -0.05) is 12.1 Å². The zero-order valence-corrected chi connectivity index (χ0v) is 12.1. The lowest BCUT2D eigenvalue weighted by Crippen LogP contribution is -2.14. The van der Waals surface area contributed by atoms with E-state index < -0.39 is 0 Å². The Balaban J connectivity index is 2.32. The first kappa shape index (κ1) is 14.3. The Morgan fingerprint density at radius 2 is 1.90 bits per heavy atom. The summed E-state index contributed by atoms with van der Waals surface area (Å²) in [5.74, 6) is 1.46. The Hall–Kier alpha value is -2.14. The van der Waals surface area contributed by atoms with E-state index in [9.17, 15) is 0 Å². The van der Waals surface area contributed by atoms with Crippen LogP contribution < -0.4 is 15.4 Å². The highest BCUT2D eigenvalue weighted by molar-refractivity contribution is 5.63. The van der Waals surface area contributed by atoms with Crippen molar-refractivity contribution >= 4 is 11.5 Å². The molecule has 0 spiro atoms. The number of rotatable bonds is 5. The first-order valence-corrected chi connectivity index (χ1v) is 6.64. The van der Waals surface area contributed by atoms with E-state index in [4.69, 9.17) is 10.5 Å². The molecule has 2 aromatic rings. The van der Waals surface area contributed by atoms with Gasteiger partial charge in [-0.2, -0.15) is 0 Å². The lowest BCUT2D eigenvalue weighted by atomic mass is 10.2. The van der Waals surface area contributed by atoms with Gasteiger partial charge in [0.15, 0.2) is 0 Å². The van der Waals surface area contributed by atoms with Gasteiger partial charge < -0.3 is 15.4 Å². The summed E-state index contributed by atoms with van der Waals surface area (Å²) in [5.41, 5.74) is 8.70. The van der Waals surface area contributed by atoms with E-state index in [0.29, 0.717) is 19.0 Å². The van der Waals surface area contributed by atoms with Crippen LogP contribution in [0.15, 0.2) is 30.6 Å². The predicted octanol–water partition coefficient (Wildman–Crippen LogP) is 2.41. The number of hydrogen-bond acceptors (Lipinski definition) is 5. The molecule has 0 aliphatic rings. The molecule has 1 aromatic carbocycles. The summed E-state index contributed by atoms with van der Waals surface area (Å²) in [6.45, 7) is 5.04. The summed E-state index contributed by atoms with van der Waals surface area (Å²) < 4.78 is 5.51. The van der Waals surface area contributed by atoms with Crippen molar-refractivity contribution < 1.29 is 4.74 Å². The van der Waals surface area contributed by atoms with Gasteiger partial charge in [0.1, 0.15) is 12.1 Å². The fourth-order valence-electron chi connectivity index (χ4n) is 2.02. The average molecular weight is 272 g/mol. The summed E-state index contributed by atoms with van der Waals surface area (Å²) in [5, 5.41) is 0. The van der Waals surface area contributed by atoms with Crippen molar-refractivity contribution in [3.8, 4) is 5.88 Å². The molecule has 0 bridgehead atoms. The van der Waals surface area contributed by atoms with Gasteiger partial charge in [-0.25, -0.2) is 9.97 Å². The zero-order chi connectivity index (χ0) is 14.5. The van der Waals surface area contributed by atoms with Crippen molar-refractivity contribution in [3.05, 3.63) is 41.7 Å². The third-order valence-corrected chi connectivity index (χ3v) is 3.17. The second kappa shape index (κ2) is 6.34. The van der Waals surface area contributed by atoms with Crippen LogP contribution in [0.3, 0.4) is 0 Å². The molecule has 0 aliphatic heterocycles. The van der Waals surface area contributed by atoms with Crippen LogP contribution >= 0.6 is 0 Å². The fourth-order valence-corrected chi connectivity index (χ4v) is 2.02. The highest BCUT2D eigenvalue weighted by Crippen LogP contribution is 2.28. The second-order valence-corrected chi connectivity index (χ2v) is 4.49. The molecule has 0 saturated heterocycles. The number of nitrogens with two attached hydrogens (primary N) is 1. The molecular formula is C15H20N4O. The van der Waals surface area contributed by atoms with Crippen molar-refractivity contribution in [1.82, 2.24) is 9.97 Å². The molecule has 2 N–H and O–H groups in total. The smallest absolute Gasteiger partial charge is 0.221 e. The van der Waals surface area contributed by atoms with Gasteiger partial charge in [0.05, 0.1) is 12.2 Å². The van der Waals surface area contributed by atoms with E-state index >= 15 is 0 Å². The van der Waals surface area contributed by atoms with Crippen LogP contribution in [-0.2, 0) is 6.54 Å². The molecule has 0 aliphatic carbocycles. The molecule has 1 aromatic heterocycles. The third kappa shape index (κ3) is 2.88. The quantitative estimate of drug-likeness (QED) is 0.905. The standard InChI is InChI=1S/C15H20N4O/c1-4-20-15-11(2)14(17-10-18-15)19(3)13-7-5-12(9-16)6-8-13/h5-8,10H,4,9,16H2,1-3H3. The monoisotopic (exact) mass is 272 g/mol. The van der Waals surface area contributed by atoms with Gasteiger partial charge in [0.25, 0.3) is 0 Å². The maximum Gasteiger partial charge on any atom is 0.221 e. The maximum atomic E-state index is 5.61. The minimum absolute atomic E-state index is 0.547. The summed E-state index contributed by atoms with van der Waals surface area (Å²) in [7, 11) is 1.97. The first-order valence-electron chi connectivity index (χ1n) is 6.64. The van der Waals surface area contributed by atoms with Crippen LogP contribution in [0, 0.1) is 6.92 Å². The van der Waals surface area contributed by atoms with Crippen molar-refractivity contribution in [1.29, 1.82) is 0 Å². The van der Waals surface area contributed by atoms with Gasteiger partial charge in [-0.3, -0.25) is 0 Å². The van der Waals surface area contributed by atoms with Crippen LogP contribution in [0.5, 0.6) is 5.88 Å². The Morgan fingerprint density at radius 1 is 1.20 bits per heavy atom. The molecule has 2 rings (SSSR count). The van der Waals surface area contributed by atoms with Gasteiger partial charge >= 0.3 is 0 Å². The number of aromatic nitrogens is 2. The van der Waals surface area contributed by atoms with Gasteiger partial charge in [-0.05, 0) is 31.5 Å². The van der Waals surface area contributed by atoms with Gasteiger partial charge in [-0.15, -0.1) is 0 Å². The molecule has 5 nitrogen and oxygen atoms in total. The molecule has 0 amide bonds. The topological polar surface area (TPSA) is 64.3 Å². The van der Waals surface area contributed by atoms with Crippen LogP contribution in [-0.4, -0.2) is 23.6 Å². The summed E-state index contributed by atoms with van der Waals surface area (Å²) in [6, 6.07) is 8.10. The van der Waals surface area contributed by atoms with Crippen molar-refractivity contribution in [2.75, 3.05) is 18.6 Å². The van der Waals surface area contributed by atoms with Crippen molar-refractivity contribution in [2.24, 2.45) is 5.73 Å². The lowest BCUT2D eigenvalue weighted by Gasteiger charge is -2.21. The highest BCUT2D eigenvalue weighted by atomic mass is 16.5. The average Bonchev–Trinajstić information content (AvgIpc) is 2.49. The summed E-state index contributed by atoms with van der Waals surface area (Å²) in [4.78, 5) is 10.5. The molecule has 20 heavy (non-hydrogen) atoms. The number of anilines is 2. The minimum Gasteiger partial charge on any atom is -0.478 e. The number of hydrogen-bond donors (Lipinski definition) is 1. The zero-order valence-electron chi connectivity index (χ0n) is 12.1. The highest BCUT2D eigenvalue weighted by Gasteiger charge is 2.13. The van der Waals surface area contributed by atoms with Crippen molar-refractivity contribution in [3.63, 3.8) is 0 Å². The fraction of sp³-hybridized carbons (Fsp3) is 0.333. The predicted molar refractivity (Wildman–Crippen MR) is 80.3 cm³/mol. The Bertz CT molecular complexity index is 569. The van der Waals surface area contributed by atoms with Crippen LogP contribution in [0.1, 0.15) is 18.1 Å². The normalized spacial score (nSPS) is 10.4. The minimum atomic E-state index is 0.547. The summed E-state index contributed by atoms with van der Waals surface area (Å²) >= 11 is 0. The van der Waals surface area contributed by atoms with E-state index in [2.05, 4.69) is 9.97 Å². The molecule has 5 heteroatoms. The Labute approximate surface area is 119 Å². The number of ether oxygens (including phenoxy) is 1. The molecule has 0 fully saturated rings. The Kier molecular flexibility index (Phi) is 4.53. The second-order valence-electron chi connectivity index (χ2n) is 4.49. The molecule has 0 unspecified atom stereocenters. The van der Waals surface area contributed by atoms with Gasteiger partial charge in [0, 0.05) is 19.3 Å². The molecule has 0 saturated carbocycles. The summed E-state index contributed by atoms with van der Waals surface area (Å²) in [6.07, 6.45) is 1.53. The Morgan fingerprint density at radius 3 is 2.50 bits per heavy atom. The largest absolute Gasteiger partial charge is 0.478 e. The molecular weight excluding hydrogens is 252 g/mol. The van der Waals surface area contributed by atoms with Crippen LogP contribution in [0.25, 0.3) is 0 Å². The van der Waals surface area contributed by atoms with Gasteiger partial charge in [0.2, 0.25) is 5.88 Å². The molecule has 0 radical (unpaired) electrons. The van der Waals surface area contributed by atoms with E-state index in [-0.39, 0.29) is 0 Å². The SMILES string of the molecule is CCOc1ncnc(N(C)c2ccc(CN)cc2)c1C. The third-order valence-electron chi connectivity index (χ3n) is 3.17. The van der Waals surface area contributed by atoms with E-state index in [0.717, 1.165) is 22.6 Å². The maximum absolute atomic E-state index is 5.61. The lowest BCUT2D eigenvalue weighted by molar-refractivity contribution is 0.323. The van der Waals surface area contributed by atoms with Crippen molar-refractivity contribution in [2.45, 2.75) is 20.4 Å². The van der Waals surface area contributed by atoms with E-state index in [1.54, 1.807) is 0 Å². The number of nitrogens with zero attached hydrogens (tertiary/aromatic N) is 3. The van der Waals surface area contributed by atoms with E-state index in [1.807, 2.05) is 50.1 Å². The van der Waals surface area contributed by atoms with Crippen LogP contribution in [0.4, 0.5) is 11.5 Å². The van der Waals surface area contributed by atoms with E-state index in [1.165, 1.54) is 6.33 Å². The molecule has 106 valence electrons. The first-order chi connectivity index (χ1) is 9.67. The molecule has 1 heterocycles. The molecule has 0 atom stereocenters.